The first-order valence-electron chi connectivity index (χ1n) is 11.2. The van der Waals surface area contributed by atoms with E-state index in [1.54, 1.807) is 11.0 Å². The maximum Gasteiger partial charge on any atom is 0.410 e. The third-order valence-electron chi connectivity index (χ3n) is 5.88. The van der Waals surface area contributed by atoms with Crippen LogP contribution >= 0.6 is 0 Å². The highest BCUT2D eigenvalue weighted by Crippen LogP contribution is 2.26. The number of oxime groups is 1. The van der Waals surface area contributed by atoms with Gasteiger partial charge in [-0.1, -0.05) is 5.16 Å². The van der Waals surface area contributed by atoms with Gasteiger partial charge in [0.15, 0.2) is 5.84 Å². The fourth-order valence-electron chi connectivity index (χ4n) is 4.19. The molecule has 3 heterocycles. The van der Waals surface area contributed by atoms with Gasteiger partial charge in [-0.3, -0.25) is 4.90 Å². The molecular weight excluding hydrogens is 412 g/mol. The minimum Gasteiger partial charge on any atom is -0.473 e. The Labute approximate surface area is 189 Å². The number of hydrogen-bond acceptors (Lipinski definition) is 8. The predicted molar refractivity (Wildman–Crippen MR) is 123 cm³/mol. The van der Waals surface area contributed by atoms with E-state index in [0.29, 0.717) is 43.8 Å². The normalized spacial score (nSPS) is 21.5. The molecule has 0 aliphatic carbocycles. The number of amides is 1. The van der Waals surface area contributed by atoms with E-state index in [1.165, 1.54) is 0 Å². The Morgan fingerprint density at radius 3 is 2.50 bits per heavy atom. The Balaban J connectivity index is 1.73. The van der Waals surface area contributed by atoms with Gasteiger partial charge in [-0.25, -0.2) is 9.78 Å². The van der Waals surface area contributed by atoms with Crippen LogP contribution < -0.4 is 15.4 Å². The van der Waals surface area contributed by atoms with Crippen LogP contribution in [0.4, 0.5) is 10.5 Å². The maximum atomic E-state index is 12.4. The summed E-state index contributed by atoms with van der Waals surface area (Å²) in [5.74, 6) is 0.362. The van der Waals surface area contributed by atoms with E-state index in [2.05, 4.69) is 27.0 Å². The maximum absolute atomic E-state index is 12.4. The summed E-state index contributed by atoms with van der Waals surface area (Å²) in [4.78, 5) is 23.0. The van der Waals surface area contributed by atoms with Gasteiger partial charge in [0, 0.05) is 44.0 Å². The van der Waals surface area contributed by atoms with Gasteiger partial charge in [-0.2, -0.15) is 0 Å². The number of likely N-dealkylation sites (N-methyl/N-ethyl adjacent to an activating group) is 1. The second-order valence-corrected chi connectivity index (χ2v) is 9.50. The summed E-state index contributed by atoms with van der Waals surface area (Å²) in [6, 6.07) is 3.98. The van der Waals surface area contributed by atoms with Gasteiger partial charge < -0.3 is 30.2 Å². The van der Waals surface area contributed by atoms with Crippen molar-refractivity contribution in [1.29, 1.82) is 0 Å². The second kappa shape index (κ2) is 9.81. The van der Waals surface area contributed by atoms with Crippen LogP contribution in [0, 0.1) is 0 Å². The van der Waals surface area contributed by atoms with Crippen molar-refractivity contribution in [3.63, 3.8) is 0 Å². The molecule has 2 aliphatic rings. The molecule has 3 N–H and O–H groups in total. The molecule has 2 aliphatic heterocycles. The molecule has 0 bridgehead atoms. The van der Waals surface area contributed by atoms with Crippen molar-refractivity contribution in [2.75, 3.05) is 44.7 Å². The fourth-order valence-corrected chi connectivity index (χ4v) is 4.19. The zero-order valence-corrected chi connectivity index (χ0v) is 19.7. The molecule has 178 valence electrons. The summed E-state index contributed by atoms with van der Waals surface area (Å²) in [7, 11) is 2.10. The number of likely N-dealkylation sites (tertiary alicyclic amines) is 1. The van der Waals surface area contributed by atoms with Crippen LogP contribution in [0.1, 0.15) is 46.2 Å². The van der Waals surface area contributed by atoms with Gasteiger partial charge in [0.25, 0.3) is 0 Å². The van der Waals surface area contributed by atoms with Gasteiger partial charge in [-0.15, -0.1) is 0 Å². The summed E-state index contributed by atoms with van der Waals surface area (Å²) in [5, 5.41) is 12.3. The minimum absolute atomic E-state index is 0.0468. The third kappa shape index (κ3) is 5.93. The van der Waals surface area contributed by atoms with Crippen LogP contribution in [0.15, 0.2) is 17.3 Å². The molecule has 10 nitrogen and oxygen atoms in total. The number of aromatic nitrogens is 1. The van der Waals surface area contributed by atoms with Crippen molar-refractivity contribution in [2.24, 2.45) is 10.9 Å². The lowest BCUT2D eigenvalue weighted by atomic mass is 10.1. The van der Waals surface area contributed by atoms with Crippen molar-refractivity contribution in [3.05, 3.63) is 17.8 Å². The van der Waals surface area contributed by atoms with Crippen molar-refractivity contribution in [1.82, 2.24) is 14.8 Å². The minimum atomic E-state index is -0.522. The monoisotopic (exact) mass is 448 g/mol. The molecule has 1 amide bonds. The molecule has 0 saturated carbocycles. The van der Waals surface area contributed by atoms with Gasteiger partial charge in [0.05, 0.1) is 0 Å². The Hall–Kier alpha value is -2.75. The standard InChI is InChI=1S/C22H36N6O4/c1-15(18-7-6-8-26(18)5)31-19-14-16(13-17(24-19)20(23)25-30)27-9-11-28(12-10-27)21(29)32-22(2,3)4/h13-15,18,30H,6-12H2,1-5H3,(H2,23,25)/t15-,18-/m0/s1. The molecule has 1 aromatic heterocycles. The third-order valence-corrected chi connectivity index (χ3v) is 5.88. The molecule has 2 atom stereocenters. The summed E-state index contributed by atoms with van der Waals surface area (Å²) in [6.07, 6.45) is 1.88. The van der Waals surface area contributed by atoms with E-state index in [1.807, 2.05) is 33.8 Å². The van der Waals surface area contributed by atoms with Crippen LogP contribution in [0.5, 0.6) is 5.88 Å². The van der Waals surface area contributed by atoms with Gasteiger partial charge >= 0.3 is 6.09 Å². The van der Waals surface area contributed by atoms with E-state index in [0.717, 1.165) is 25.1 Å². The van der Waals surface area contributed by atoms with Gasteiger partial charge in [0.1, 0.15) is 17.4 Å². The highest BCUT2D eigenvalue weighted by molar-refractivity contribution is 5.96. The number of anilines is 1. The topological polar surface area (TPSA) is 117 Å². The number of nitrogens with two attached hydrogens (primary N) is 1. The smallest absolute Gasteiger partial charge is 0.410 e. The van der Waals surface area contributed by atoms with Crippen LogP contribution in [0.2, 0.25) is 0 Å². The average molecular weight is 449 g/mol. The van der Waals surface area contributed by atoms with Crippen LogP contribution in [0.3, 0.4) is 0 Å². The van der Waals surface area contributed by atoms with E-state index < -0.39 is 5.60 Å². The molecular formula is C22H36N6O4. The number of rotatable bonds is 5. The number of amidine groups is 1. The number of ether oxygens (including phenoxy) is 2. The molecule has 2 saturated heterocycles. The highest BCUT2D eigenvalue weighted by atomic mass is 16.6. The lowest BCUT2D eigenvalue weighted by Gasteiger charge is -2.37. The summed E-state index contributed by atoms with van der Waals surface area (Å²) >= 11 is 0. The number of carbonyl (C=O) groups excluding carboxylic acids is 1. The van der Waals surface area contributed by atoms with Crippen molar-refractivity contribution in [3.8, 4) is 5.88 Å². The molecule has 1 aromatic rings. The molecule has 0 radical (unpaired) electrons. The predicted octanol–water partition coefficient (Wildman–Crippen LogP) is 2.09. The van der Waals surface area contributed by atoms with Gasteiger partial charge in [-0.05, 0) is 60.2 Å². The summed E-state index contributed by atoms with van der Waals surface area (Å²) in [5.41, 5.74) is 6.52. The Morgan fingerprint density at radius 1 is 1.25 bits per heavy atom. The molecule has 2 fully saturated rings. The van der Waals surface area contributed by atoms with Crippen molar-refractivity contribution < 1.29 is 19.5 Å². The Kier molecular flexibility index (Phi) is 7.33. The molecule has 0 unspecified atom stereocenters. The largest absolute Gasteiger partial charge is 0.473 e. The van der Waals surface area contributed by atoms with Crippen LogP contribution in [0.25, 0.3) is 0 Å². The first-order chi connectivity index (χ1) is 15.1. The Morgan fingerprint density at radius 2 is 1.94 bits per heavy atom. The number of nitrogens with zero attached hydrogens (tertiary/aromatic N) is 5. The number of hydrogen-bond donors (Lipinski definition) is 2. The van der Waals surface area contributed by atoms with E-state index in [-0.39, 0.29) is 18.0 Å². The van der Waals surface area contributed by atoms with E-state index >= 15 is 0 Å². The zero-order chi connectivity index (χ0) is 23.5. The first-order valence-corrected chi connectivity index (χ1v) is 11.2. The molecule has 0 aromatic carbocycles. The van der Waals surface area contributed by atoms with Gasteiger partial charge in [0.2, 0.25) is 5.88 Å². The molecule has 3 rings (SSSR count). The average Bonchev–Trinajstić information content (AvgIpc) is 3.17. The van der Waals surface area contributed by atoms with Crippen LogP contribution in [-0.2, 0) is 4.74 Å². The lowest BCUT2D eigenvalue weighted by Crippen LogP contribution is -2.50. The first kappa shape index (κ1) is 23.9. The van der Waals surface area contributed by atoms with Crippen molar-refractivity contribution in [2.45, 2.75) is 58.3 Å². The quantitative estimate of drug-likeness (QED) is 0.304. The molecule has 10 heteroatoms. The number of pyridine rings is 1. The summed E-state index contributed by atoms with van der Waals surface area (Å²) in [6.45, 7) is 11.0. The van der Waals surface area contributed by atoms with E-state index in [9.17, 15) is 4.79 Å². The number of piperazine rings is 1. The molecule has 32 heavy (non-hydrogen) atoms. The van der Waals surface area contributed by atoms with E-state index in [4.69, 9.17) is 20.4 Å². The molecule has 0 spiro atoms. The Bertz CT molecular complexity index is 832. The summed E-state index contributed by atoms with van der Waals surface area (Å²) < 4.78 is 11.7. The highest BCUT2D eigenvalue weighted by Gasteiger charge is 2.29. The number of carbonyl (C=O) groups is 1. The lowest BCUT2D eigenvalue weighted by molar-refractivity contribution is 0.0240. The fraction of sp³-hybridized carbons (Fsp3) is 0.682. The second-order valence-electron chi connectivity index (χ2n) is 9.50. The van der Waals surface area contributed by atoms with Crippen molar-refractivity contribution >= 4 is 17.6 Å². The SMILES string of the molecule is C[C@H](Oc1cc(N2CCN(C(=O)OC(C)(C)C)CC2)cc(/C(N)=N/O)n1)[C@@H]1CCCN1C. The van der Waals surface area contributed by atoms with Crippen LogP contribution in [-0.4, -0.2) is 89.4 Å². The zero-order valence-electron chi connectivity index (χ0n) is 19.7.